The van der Waals surface area contributed by atoms with Gasteiger partial charge in [0.05, 0.1) is 6.61 Å². The van der Waals surface area contributed by atoms with E-state index in [0.717, 1.165) is 25.2 Å². The minimum atomic E-state index is -0.797. The number of carbonyl (C=O) groups is 1. The first kappa shape index (κ1) is 19.7. The zero-order valence-corrected chi connectivity index (χ0v) is 18.0. The molecule has 30 heavy (non-hydrogen) atoms. The molecule has 0 unspecified atom stereocenters. The highest BCUT2D eigenvalue weighted by Crippen LogP contribution is 2.43. The molecule has 3 heterocycles. The van der Waals surface area contributed by atoms with Crippen LogP contribution in [0.4, 0.5) is 0 Å². The maximum absolute atomic E-state index is 13.8. The van der Waals surface area contributed by atoms with E-state index in [1.165, 1.54) is 29.5 Å². The van der Waals surface area contributed by atoms with Crippen LogP contribution in [0, 0.1) is 19.8 Å². The van der Waals surface area contributed by atoms with Crippen molar-refractivity contribution < 1.29 is 9.53 Å². The number of rotatable bonds is 5. The van der Waals surface area contributed by atoms with Gasteiger partial charge in [-0.25, -0.2) is 0 Å². The number of nitrogens with zero attached hydrogens (tertiary/aromatic N) is 3. The first-order valence-corrected chi connectivity index (χ1v) is 11.2. The summed E-state index contributed by atoms with van der Waals surface area (Å²) in [6.45, 7) is 8.79. The maximum atomic E-state index is 13.8. The van der Waals surface area contributed by atoms with Crippen LogP contribution < -0.4 is 0 Å². The van der Waals surface area contributed by atoms with Gasteiger partial charge in [-0.05, 0) is 49.8 Å². The highest BCUT2D eigenvalue weighted by atomic mass is 16.5. The van der Waals surface area contributed by atoms with E-state index in [0.29, 0.717) is 25.6 Å². The van der Waals surface area contributed by atoms with Crippen LogP contribution in [0.1, 0.15) is 41.0 Å². The van der Waals surface area contributed by atoms with Gasteiger partial charge in [-0.3, -0.25) is 14.7 Å². The fourth-order valence-corrected chi connectivity index (χ4v) is 5.33. The number of hydrogen-bond donors (Lipinski definition) is 0. The van der Waals surface area contributed by atoms with Crippen molar-refractivity contribution in [2.75, 3.05) is 32.8 Å². The average molecular weight is 406 g/mol. The molecule has 1 spiro atoms. The number of aryl methyl sites for hydroxylation is 2. The Kier molecular flexibility index (Phi) is 5.11. The van der Waals surface area contributed by atoms with Crippen LogP contribution in [0.15, 0.2) is 42.7 Å². The van der Waals surface area contributed by atoms with E-state index >= 15 is 0 Å². The second-order valence-corrected chi connectivity index (χ2v) is 9.44. The summed E-state index contributed by atoms with van der Waals surface area (Å²) in [5.41, 5.74) is 4.16. The van der Waals surface area contributed by atoms with Gasteiger partial charge in [0.2, 0.25) is 0 Å². The molecule has 1 aliphatic carbocycles. The van der Waals surface area contributed by atoms with E-state index in [9.17, 15) is 4.79 Å². The SMILES string of the molecule is Cc1cc(C)cc(CN2C[C@@H](c3cccnc3)[C@@]3(C2)OCCN(CC2CC2)C3=O)c1. The molecule has 1 amide bonds. The lowest BCUT2D eigenvalue weighted by Crippen LogP contribution is -2.60. The van der Waals surface area contributed by atoms with E-state index in [-0.39, 0.29) is 11.8 Å². The first-order valence-electron chi connectivity index (χ1n) is 11.2. The number of aromatic nitrogens is 1. The normalized spacial score (nSPS) is 27.2. The minimum Gasteiger partial charge on any atom is -0.361 e. The number of amides is 1. The quantitative estimate of drug-likeness (QED) is 0.766. The largest absolute Gasteiger partial charge is 0.361 e. The Balaban J connectivity index is 1.45. The summed E-state index contributed by atoms with van der Waals surface area (Å²) < 4.78 is 6.39. The zero-order chi connectivity index (χ0) is 20.7. The summed E-state index contributed by atoms with van der Waals surface area (Å²) >= 11 is 0. The Morgan fingerprint density at radius 3 is 2.70 bits per heavy atom. The predicted molar refractivity (Wildman–Crippen MR) is 116 cm³/mol. The van der Waals surface area contributed by atoms with Crippen LogP contribution in [-0.2, 0) is 16.1 Å². The average Bonchev–Trinajstić information content (AvgIpc) is 3.46. The molecular formula is C25H31N3O2. The number of benzene rings is 1. The number of pyridine rings is 1. The zero-order valence-electron chi connectivity index (χ0n) is 18.0. The molecule has 158 valence electrons. The van der Waals surface area contributed by atoms with Crippen molar-refractivity contribution >= 4 is 5.91 Å². The van der Waals surface area contributed by atoms with Gasteiger partial charge in [0, 0.05) is 51.0 Å². The van der Waals surface area contributed by atoms with Crippen molar-refractivity contribution in [2.45, 2.75) is 44.8 Å². The summed E-state index contributed by atoms with van der Waals surface area (Å²) in [7, 11) is 0. The van der Waals surface area contributed by atoms with Gasteiger partial charge in [-0.1, -0.05) is 35.4 Å². The summed E-state index contributed by atoms with van der Waals surface area (Å²) in [6.07, 6.45) is 6.20. The number of ether oxygens (including phenoxy) is 1. The standard InChI is InChI=1S/C25H31N3O2/c1-18-10-19(2)12-21(11-18)14-27-16-23(22-4-3-7-26-13-22)25(17-27)24(29)28(8-9-30-25)15-20-5-6-20/h3-4,7,10-13,20,23H,5-6,8-9,14-17H2,1-2H3/t23-,25+/m0/s1. The third-order valence-corrected chi connectivity index (χ3v) is 6.78. The second-order valence-electron chi connectivity index (χ2n) is 9.44. The molecule has 1 aromatic carbocycles. The molecule has 2 atom stereocenters. The lowest BCUT2D eigenvalue weighted by Gasteiger charge is -2.42. The molecule has 2 aliphatic heterocycles. The summed E-state index contributed by atoms with van der Waals surface area (Å²) in [5, 5.41) is 0. The Morgan fingerprint density at radius 1 is 1.20 bits per heavy atom. The Bertz CT molecular complexity index is 907. The summed E-state index contributed by atoms with van der Waals surface area (Å²) in [5.74, 6) is 0.873. The fraction of sp³-hybridized carbons (Fsp3) is 0.520. The number of hydrogen-bond acceptors (Lipinski definition) is 4. The molecule has 3 aliphatic rings. The molecule has 2 saturated heterocycles. The van der Waals surface area contributed by atoms with E-state index < -0.39 is 5.60 Å². The van der Waals surface area contributed by atoms with Crippen molar-refractivity contribution in [3.63, 3.8) is 0 Å². The highest BCUT2D eigenvalue weighted by Gasteiger charge is 2.57. The van der Waals surface area contributed by atoms with Crippen LogP contribution in [0.2, 0.25) is 0 Å². The molecule has 0 N–H and O–H groups in total. The molecule has 3 fully saturated rings. The molecule has 5 nitrogen and oxygen atoms in total. The van der Waals surface area contributed by atoms with Crippen molar-refractivity contribution in [1.29, 1.82) is 0 Å². The molecule has 0 bridgehead atoms. The highest BCUT2D eigenvalue weighted by molar-refractivity contribution is 5.88. The molecule has 2 aromatic rings. The van der Waals surface area contributed by atoms with Crippen LogP contribution in [0.25, 0.3) is 0 Å². The number of carbonyl (C=O) groups excluding carboxylic acids is 1. The molecule has 5 rings (SSSR count). The summed E-state index contributed by atoms with van der Waals surface area (Å²) in [4.78, 5) is 22.6. The smallest absolute Gasteiger partial charge is 0.256 e. The van der Waals surface area contributed by atoms with E-state index in [1.807, 2.05) is 12.3 Å². The molecule has 1 saturated carbocycles. The number of morpholine rings is 1. The van der Waals surface area contributed by atoms with Gasteiger partial charge in [-0.2, -0.15) is 0 Å². The van der Waals surface area contributed by atoms with Gasteiger partial charge in [-0.15, -0.1) is 0 Å². The van der Waals surface area contributed by atoms with Gasteiger partial charge in [0.15, 0.2) is 5.60 Å². The van der Waals surface area contributed by atoms with Crippen molar-refractivity contribution in [1.82, 2.24) is 14.8 Å². The topological polar surface area (TPSA) is 45.7 Å². The fourth-order valence-electron chi connectivity index (χ4n) is 5.33. The molecular weight excluding hydrogens is 374 g/mol. The van der Waals surface area contributed by atoms with Crippen molar-refractivity contribution in [3.05, 3.63) is 65.0 Å². The summed E-state index contributed by atoms with van der Waals surface area (Å²) in [6, 6.07) is 10.8. The first-order chi connectivity index (χ1) is 14.5. The van der Waals surface area contributed by atoms with Crippen LogP contribution >= 0.6 is 0 Å². The van der Waals surface area contributed by atoms with E-state index in [4.69, 9.17) is 4.74 Å². The van der Waals surface area contributed by atoms with Crippen LogP contribution in [0.5, 0.6) is 0 Å². The predicted octanol–water partition coefficient (Wildman–Crippen LogP) is 3.31. The lowest BCUT2D eigenvalue weighted by molar-refractivity contribution is -0.172. The maximum Gasteiger partial charge on any atom is 0.256 e. The van der Waals surface area contributed by atoms with Crippen LogP contribution in [-0.4, -0.2) is 59.1 Å². The minimum absolute atomic E-state index is 0.00612. The third-order valence-electron chi connectivity index (χ3n) is 6.78. The Morgan fingerprint density at radius 2 is 2.00 bits per heavy atom. The molecule has 1 aromatic heterocycles. The molecule has 0 radical (unpaired) electrons. The Hall–Kier alpha value is -2.24. The number of likely N-dealkylation sites (tertiary alicyclic amines) is 1. The van der Waals surface area contributed by atoms with E-state index in [1.54, 1.807) is 6.20 Å². The van der Waals surface area contributed by atoms with E-state index in [2.05, 4.69) is 52.9 Å². The van der Waals surface area contributed by atoms with Gasteiger partial charge in [0.25, 0.3) is 5.91 Å². The van der Waals surface area contributed by atoms with Crippen molar-refractivity contribution in [3.8, 4) is 0 Å². The third kappa shape index (κ3) is 3.77. The second kappa shape index (κ2) is 7.78. The van der Waals surface area contributed by atoms with Gasteiger partial charge in [0.1, 0.15) is 0 Å². The molecule has 5 heteroatoms. The van der Waals surface area contributed by atoms with Gasteiger partial charge >= 0.3 is 0 Å². The Labute approximate surface area is 179 Å². The monoisotopic (exact) mass is 405 g/mol. The van der Waals surface area contributed by atoms with Gasteiger partial charge < -0.3 is 9.64 Å². The van der Waals surface area contributed by atoms with Crippen LogP contribution in [0.3, 0.4) is 0 Å². The lowest BCUT2D eigenvalue weighted by atomic mass is 9.83. The van der Waals surface area contributed by atoms with Crippen molar-refractivity contribution in [2.24, 2.45) is 5.92 Å².